The maximum absolute atomic E-state index is 12.0. The third kappa shape index (κ3) is 2.92. The average Bonchev–Trinajstić information content (AvgIpc) is 2.38. The summed E-state index contributed by atoms with van der Waals surface area (Å²) < 4.78 is 12.0. The van der Waals surface area contributed by atoms with Crippen molar-refractivity contribution in [3.63, 3.8) is 0 Å². The van der Waals surface area contributed by atoms with E-state index >= 15 is 0 Å². The third-order valence-corrected chi connectivity index (χ3v) is 2.95. The minimum atomic E-state index is -0.208. The minimum absolute atomic E-state index is 0.208. The summed E-state index contributed by atoms with van der Waals surface area (Å²) in [7, 11) is 0. The first-order chi connectivity index (χ1) is 7.90. The number of rotatable bonds is 4. The summed E-state index contributed by atoms with van der Waals surface area (Å²) in [5, 5.41) is 0. The molecule has 0 aromatic carbocycles. The maximum Gasteiger partial charge on any atom is 0.128 e. The van der Waals surface area contributed by atoms with Gasteiger partial charge in [-0.2, -0.15) is 0 Å². The third-order valence-electron chi connectivity index (χ3n) is 2.95. The summed E-state index contributed by atoms with van der Waals surface area (Å²) in [6.07, 6.45) is 2.48. The van der Waals surface area contributed by atoms with Crippen LogP contribution >= 0.6 is 0 Å². The fourth-order valence-corrected chi connectivity index (χ4v) is 2.02. The smallest absolute Gasteiger partial charge is 0.128 e. The number of hydrogen-bond acceptors (Lipinski definition) is 3. The second-order valence-corrected chi connectivity index (χ2v) is 4.06. The van der Waals surface area contributed by atoms with Gasteiger partial charge in [-0.05, 0) is 18.6 Å². The van der Waals surface area contributed by atoms with E-state index < -0.39 is 0 Å². The summed E-state index contributed by atoms with van der Waals surface area (Å²) in [6, 6.07) is 5.98. The standard InChI is InChI=1S/C12H18FN3/c13-5-3-7-15-8-10-16(11-9-15)12-4-1-2-6-14-12/h1-2,4,6H,3,5,7-11H2. The van der Waals surface area contributed by atoms with E-state index in [9.17, 15) is 4.39 Å². The molecule has 4 heteroatoms. The number of anilines is 1. The number of pyridine rings is 1. The molecule has 2 rings (SSSR count). The molecule has 0 N–H and O–H groups in total. The fraction of sp³-hybridized carbons (Fsp3) is 0.583. The molecule has 0 bridgehead atoms. The number of aromatic nitrogens is 1. The Morgan fingerprint density at radius 2 is 2.00 bits per heavy atom. The van der Waals surface area contributed by atoms with Crippen LogP contribution in [-0.2, 0) is 0 Å². The van der Waals surface area contributed by atoms with Crippen molar-refractivity contribution in [2.24, 2.45) is 0 Å². The highest BCUT2D eigenvalue weighted by molar-refractivity contribution is 5.38. The first-order valence-electron chi connectivity index (χ1n) is 5.84. The Bertz CT molecular complexity index is 296. The molecule has 0 unspecified atom stereocenters. The van der Waals surface area contributed by atoms with Gasteiger partial charge in [0.25, 0.3) is 0 Å². The largest absolute Gasteiger partial charge is 0.354 e. The predicted octanol–water partition coefficient (Wildman–Crippen LogP) is 1.56. The molecular weight excluding hydrogens is 205 g/mol. The summed E-state index contributed by atoms with van der Waals surface area (Å²) in [6.45, 7) is 4.67. The average molecular weight is 223 g/mol. The highest BCUT2D eigenvalue weighted by Gasteiger charge is 2.16. The van der Waals surface area contributed by atoms with Crippen molar-refractivity contribution in [3.05, 3.63) is 24.4 Å². The highest BCUT2D eigenvalue weighted by atomic mass is 19.1. The second-order valence-electron chi connectivity index (χ2n) is 4.06. The van der Waals surface area contributed by atoms with Gasteiger partial charge in [0, 0.05) is 38.9 Å². The van der Waals surface area contributed by atoms with Crippen molar-refractivity contribution in [1.82, 2.24) is 9.88 Å². The number of hydrogen-bond donors (Lipinski definition) is 0. The Labute approximate surface area is 95.9 Å². The zero-order chi connectivity index (χ0) is 11.2. The van der Waals surface area contributed by atoms with E-state index in [2.05, 4.69) is 14.8 Å². The van der Waals surface area contributed by atoms with Crippen LogP contribution in [0.1, 0.15) is 6.42 Å². The van der Waals surface area contributed by atoms with E-state index in [1.54, 1.807) is 0 Å². The van der Waals surface area contributed by atoms with Crippen molar-refractivity contribution in [2.75, 3.05) is 44.3 Å². The van der Waals surface area contributed by atoms with Crippen molar-refractivity contribution < 1.29 is 4.39 Å². The molecule has 0 saturated carbocycles. The van der Waals surface area contributed by atoms with Crippen LogP contribution in [0, 0.1) is 0 Å². The van der Waals surface area contributed by atoms with Crippen molar-refractivity contribution in [3.8, 4) is 0 Å². The van der Waals surface area contributed by atoms with Gasteiger partial charge in [0.2, 0.25) is 0 Å². The van der Waals surface area contributed by atoms with Gasteiger partial charge in [0.1, 0.15) is 5.82 Å². The zero-order valence-corrected chi connectivity index (χ0v) is 9.48. The normalized spacial score (nSPS) is 17.7. The lowest BCUT2D eigenvalue weighted by atomic mass is 10.3. The monoisotopic (exact) mass is 223 g/mol. The van der Waals surface area contributed by atoms with Gasteiger partial charge in [-0.1, -0.05) is 6.07 Å². The van der Waals surface area contributed by atoms with Crippen molar-refractivity contribution in [1.29, 1.82) is 0 Å². The molecule has 16 heavy (non-hydrogen) atoms. The minimum Gasteiger partial charge on any atom is -0.354 e. The molecule has 88 valence electrons. The van der Waals surface area contributed by atoms with E-state index in [1.807, 2.05) is 24.4 Å². The lowest BCUT2D eigenvalue weighted by Crippen LogP contribution is -2.46. The van der Waals surface area contributed by atoms with Crippen LogP contribution in [0.4, 0.5) is 10.2 Å². The van der Waals surface area contributed by atoms with E-state index in [0.717, 1.165) is 38.5 Å². The number of alkyl halides is 1. The Hall–Kier alpha value is -1.16. The molecule has 1 aromatic rings. The van der Waals surface area contributed by atoms with E-state index in [0.29, 0.717) is 6.42 Å². The van der Waals surface area contributed by atoms with Gasteiger partial charge >= 0.3 is 0 Å². The molecule has 1 saturated heterocycles. The molecule has 1 fully saturated rings. The lowest BCUT2D eigenvalue weighted by molar-refractivity contribution is 0.244. The van der Waals surface area contributed by atoms with E-state index in [1.165, 1.54) is 0 Å². The highest BCUT2D eigenvalue weighted by Crippen LogP contribution is 2.12. The van der Waals surface area contributed by atoms with Crippen LogP contribution in [-0.4, -0.2) is 49.3 Å². The Morgan fingerprint density at radius 3 is 2.62 bits per heavy atom. The Morgan fingerprint density at radius 1 is 1.19 bits per heavy atom. The molecule has 1 aliphatic heterocycles. The maximum atomic E-state index is 12.0. The van der Waals surface area contributed by atoms with Crippen LogP contribution in [0.5, 0.6) is 0 Å². The van der Waals surface area contributed by atoms with Crippen LogP contribution in [0.15, 0.2) is 24.4 Å². The molecule has 1 aliphatic rings. The summed E-state index contributed by atoms with van der Waals surface area (Å²) in [5.41, 5.74) is 0. The number of piperazine rings is 1. The molecule has 0 spiro atoms. The Kier molecular flexibility index (Phi) is 4.10. The van der Waals surface area contributed by atoms with Crippen molar-refractivity contribution in [2.45, 2.75) is 6.42 Å². The van der Waals surface area contributed by atoms with E-state index in [4.69, 9.17) is 0 Å². The zero-order valence-electron chi connectivity index (χ0n) is 9.48. The quantitative estimate of drug-likeness (QED) is 0.772. The van der Waals surface area contributed by atoms with Gasteiger partial charge in [0.15, 0.2) is 0 Å². The Balaban J connectivity index is 1.81. The van der Waals surface area contributed by atoms with Crippen LogP contribution in [0.2, 0.25) is 0 Å². The molecule has 1 aromatic heterocycles. The van der Waals surface area contributed by atoms with Crippen LogP contribution in [0.3, 0.4) is 0 Å². The predicted molar refractivity (Wildman–Crippen MR) is 63.5 cm³/mol. The molecular formula is C12H18FN3. The SMILES string of the molecule is FCCCN1CCN(c2ccccn2)CC1. The van der Waals surface area contributed by atoms with Gasteiger partial charge < -0.3 is 4.90 Å². The first kappa shape index (κ1) is 11.3. The second kappa shape index (κ2) is 5.80. The molecule has 0 atom stereocenters. The number of nitrogens with zero attached hydrogens (tertiary/aromatic N) is 3. The molecule has 2 heterocycles. The summed E-state index contributed by atoms with van der Waals surface area (Å²) in [5.74, 6) is 1.05. The lowest BCUT2D eigenvalue weighted by Gasteiger charge is -2.35. The van der Waals surface area contributed by atoms with Crippen LogP contribution < -0.4 is 4.90 Å². The molecule has 0 radical (unpaired) electrons. The van der Waals surface area contributed by atoms with Gasteiger partial charge in [-0.3, -0.25) is 9.29 Å². The number of halogens is 1. The molecule has 0 aliphatic carbocycles. The summed E-state index contributed by atoms with van der Waals surface area (Å²) in [4.78, 5) is 8.94. The van der Waals surface area contributed by atoms with Gasteiger partial charge in [-0.25, -0.2) is 4.98 Å². The molecule has 3 nitrogen and oxygen atoms in total. The van der Waals surface area contributed by atoms with Crippen molar-refractivity contribution >= 4 is 5.82 Å². The topological polar surface area (TPSA) is 19.4 Å². The van der Waals surface area contributed by atoms with Crippen LogP contribution in [0.25, 0.3) is 0 Å². The van der Waals surface area contributed by atoms with Gasteiger partial charge in [0.05, 0.1) is 6.67 Å². The fourth-order valence-electron chi connectivity index (χ4n) is 2.02. The molecule has 0 amide bonds. The van der Waals surface area contributed by atoms with E-state index in [-0.39, 0.29) is 6.67 Å². The van der Waals surface area contributed by atoms with Gasteiger partial charge in [-0.15, -0.1) is 0 Å². The first-order valence-corrected chi connectivity index (χ1v) is 5.84. The summed E-state index contributed by atoms with van der Waals surface area (Å²) >= 11 is 0.